The Morgan fingerprint density at radius 3 is 2.96 bits per heavy atom. The molecule has 0 saturated carbocycles. The number of benzene rings is 1. The molecule has 0 fully saturated rings. The summed E-state index contributed by atoms with van der Waals surface area (Å²) in [7, 11) is 0. The van der Waals surface area contributed by atoms with Gasteiger partial charge < -0.3 is 9.73 Å². The van der Waals surface area contributed by atoms with Crippen molar-refractivity contribution >= 4 is 11.6 Å². The van der Waals surface area contributed by atoms with Gasteiger partial charge in [0.05, 0.1) is 0 Å². The van der Waals surface area contributed by atoms with Crippen LogP contribution in [0.2, 0.25) is 0 Å². The summed E-state index contributed by atoms with van der Waals surface area (Å²) in [5.41, 5.74) is 2.94. The fourth-order valence-corrected chi connectivity index (χ4v) is 2.47. The smallest absolute Gasteiger partial charge is 0.251 e. The molecular formula is C17H14N6O2. The second kappa shape index (κ2) is 6.16. The molecule has 1 amide bonds. The predicted octanol–water partition coefficient (Wildman–Crippen LogP) is 2.02. The Morgan fingerprint density at radius 2 is 2.12 bits per heavy atom. The summed E-state index contributed by atoms with van der Waals surface area (Å²) < 4.78 is 7.20. The maximum absolute atomic E-state index is 12.4. The monoisotopic (exact) mass is 334 g/mol. The zero-order valence-corrected chi connectivity index (χ0v) is 13.4. The normalized spacial score (nSPS) is 10.9. The average molecular weight is 334 g/mol. The first-order valence-electron chi connectivity index (χ1n) is 7.66. The molecule has 8 heteroatoms. The summed E-state index contributed by atoms with van der Waals surface area (Å²) in [5.74, 6) is 0.696. The summed E-state index contributed by atoms with van der Waals surface area (Å²) in [6, 6.07) is 10.8. The van der Waals surface area contributed by atoms with Crippen molar-refractivity contribution in [3.8, 4) is 11.5 Å². The number of pyridine rings is 1. The Hall–Kier alpha value is -3.55. The summed E-state index contributed by atoms with van der Waals surface area (Å²) in [4.78, 5) is 12.4. The van der Waals surface area contributed by atoms with E-state index in [2.05, 4.69) is 25.7 Å². The molecule has 1 N–H and O–H groups in total. The van der Waals surface area contributed by atoms with Gasteiger partial charge in [-0.3, -0.25) is 9.20 Å². The third kappa shape index (κ3) is 3.09. The van der Waals surface area contributed by atoms with Crippen LogP contribution in [0.4, 0.5) is 0 Å². The van der Waals surface area contributed by atoms with E-state index < -0.39 is 0 Å². The van der Waals surface area contributed by atoms with Crippen LogP contribution in [0, 0.1) is 6.92 Å². The van der Waals surface area contributed by atoms with E-state index in [9.17, 15) is 4.79 Å². The highest BCUT2D eigenvalue weighted by Gasteiger charge is 2.10. The number of hydrogen-bond donors (Lipinski definition) is 1. The molecule has 25 heavy (non-hydrogen) atoms. The molecule has 0 aliphatic carbocycles. The predicted molar refractivity (Wildman–Crippen MR) is 88.6 cm³/mol. The van der Waals surface area contributed by atoms with Gasteiger partial charge in [-0.15, -0.1) is 20.4 Å². The molecule has 3 heterocycles. The number of nitrogens with zero attached hydrogens (tertiary/aromatic N) is 5. The van der Waals surface area contributed by atoms with Crippen LogP contribution in [0.15, 0.2) is 53.3 Å². The van der Waals surface area contributed by atoms with Gasteiger partial charge in [0.2, 0.25) is 11.8 Å². The molecule has 0 atom stereocenters. The van der Waals surface area contributed by atoms with E-state index in [4.69, 9.17) is 4.42 Å². The van der Waals surface area contributed by atoms with Crippen molar-refractivity contribution in [3.05, 3.63) is 65.9 Å². The molecule has 0 bridgehead atoms. The molecule has 0 radical (unpaired) electrons. The second-order valence-corrected chi connectivity index (χ2v) is 5.52. The van der Waals surface area contributed by atoms with Crippen LogP contribution in [0.5, 0.6) is 0 Å². The fraction of sp³-hybridized carbons (Fsp3) is 0.118. The van der Waals surface area contributed by atoms with Gasteiger partial charge in [0.15, 0.2) is 5.65 Å². The third-order valence-corrected chi connectivity index (χ3v) is 3.70. The summed E-state index contributed by atoms with van der Waals surface area (Å²) in [6.45, 7) is 2.12. The zero-order chi connectivity index (χ0) is 17.2. The Balaban J connectivity index is 1.49. The first kappa shape index (κ1) is 15.0. The van der Waals surface area contributed by atoms with Gasteiger partial charge in [-0.1, -0.05) is 12.1 Å². The maximum atomic E-state index is 12.4. The van der Waals surface area contributed by atoms with E-state index in [0.717, 1.165) is 11.2 Å². The van der Waals surface area contributed by atoms with Gasteiger partial charge in [0.1, 0.15) is 6.33 Å². The number of aryl methyl sites for hydroxylation is 1. The average Bonchev–Trinajstić information content (AvgIpc) is 3.28. The minimum absolute atomic E-state index is 0.179. The van der Waals surface area contributed by atoms with Gasteiger partial charge >= 0.3 is 0 Å². The van der Waals surface area contributed by atoms with Crippen LogP contribution >= 0.6 is 0 Å². The topological polar surface area (TPSA) is 98.2 Å². The number of carbonyl (C=O) groups excluding carboxylic acids is 1. The van der Waals surface area contributed by atoms with Crippen molar-refractivity contribution in [2.75, 3.05) is 0 Å². The highest BCUT2D eigenvalue weighted by atomic mass is 16.4. The van der Waals surface area contributed by atoms with Gasteiger partial charge in [-0.25, -0.2) is 0 Å². The molecule has 0 saturated heterocycles. The Morgan fingerprint density at radius 1 is 1.20 bits per heavy atom. The summed E-state index contributed by atoms with van der Waals surface area (Å²) >= 11 is 0. The van der Waals surface area contributed by atoms with E-state index in [0.29, 0.717) is 29.5 Å². The minimum Gasteiger partial charge on any atom is -0.421 e. The van der Waals surface area contributed by atoms with Crippen molar-refractivity contribution in [1.29, 1.82) is 0 Å². The van der Waals surface area contributed by atoms with Crippen LogP contribution in [-0.4, -0.2) is 30.7 Å². The highest BCUT2D eigenvalue weighted by Crippen LogP contribution is 2.19. The number of rotatable bonds is 4. The van der Waals surface area contributed by atoms with Crippen molar-refractivity contribution in [2.45, 2.75) is 13.5 Å². The first-order chi connectivity index (χ1) is 12.2. The fourth-order valence-electron chi connectivity index (χ4n) is 2.47. The molecule has 4 aromatic rings. The van der Waals surface area contributed by atoms with Crippen LogP contribution in [-0.2, 0) is 6.54 Å². The minimum atomic E-state index is -0.179. The van der Waals surface area contributed by atoms with E-state index >= 15 is 0 Å². The van der Waals surface area contributed by atoms with Crippen LogP contribution in [0.1, 0.15) is 21.8 Å². The van der Waals surface area contributed by atoms with Gasteiger partial charge in [-0.2, -0.15) is 0 Å². The number of nitrogens with one attached hydrogen (secondary N) is 1. The van der Waals surface area contributed by atoms with E-state index in [1.807, 2.05) is 24.4 Å². The lowest BCUT2D eigenvalue weighted by Gasteiger charge is -2.06. The Labute approximate surface area is 142 Å². The van der Waals surface area contributed by atoms with Gasteiger partial charge in [0, 0.05) is 30.8 Å². The number of carbonyl (C=O) groups is 1. The third-order valence-electron chi connectivity index (χ3n) is 3.70. The lowest BCUT2D eigenvalue weighted by molar-refractivity contribution is 0.0951. The molecule has 1 aromatic carbocycles. The van der Waals surface area contributed by atoms with Crippen molar-refractivity contribution in [2.24, 2.45) is 0 Å². The van der Waals surface area contributed by atoms with Crippen molar-refractivity contribution in [1.82, 2.24) is 30.1 Å². The quantitative estimate of drug-likeness (QED) is 0.613. The van der Waals surface area contributed by atoms with Crippen LogP contribution < -0.4 is 5.32 Å². The zero-order valence-electron chi connectivity index (χ0n) is 13.4. The van der Waals surface area contributed by atoms with Crippen LogP contribution in [0.25, 0.3) is 17.1 Å². The molecule has 3 aromatic heterocycles. The maximum Gasteiger partial charge on any atom is 0.251 e. The van der Waals surface area contributed by atoms with Gasteiger partial charge in [-0.05, 0) is 29.8 Å². The number of amides is 1. The largest absolute Gasteiger partial charge is 0.421 e. The molecule has 0 unspecified atom stereocenters. The lowest BCUT2D eigenvalue weighted by Crippen LogP contribution is -2.22. The second-order valence-electron chi connectivity index (χ2n) is 5.52. The number of fused-ring (bicyclic) bond motifs is 1. The molecule has 8 nitrogen and oxygen atoms in total. The molecule has 124 valence electrons. The molecule has 0 spiro atoms. The standard InChI is InChI=1S/C17H14N6O2/c1-11-20-22-17(25-11)14-4-2-3-13(7-14)16(24)18-8-12-5-6-15-21-19-10-23(15)9-12/h2-7,9-10H,8H2,1H3,(H,18,24). The lowest BCUT2D eigenvalue weighted by atomic mass is 10.1. The highest BCUT2D eigenvalue weighted by molar-refractivity contribution is 5.95. The molecule has 0 aliphatic rings. The Bertz CT molecular complexity index is 1050. The molecule has 4 rings (SSSR count). The van der Waals surface area contributed by atoms with Crippen molar-refractivity contribution < 1.29 is 9.21 Å². The van der Waals surface area contributed by atoms with E-state index in [-0.39, 0.29) is 5.91 Å². The summed E-state index contributed by atoms with van der Waals surface area (Å²) in [5, 5.41) is 18.5. The van der Waals surface area contributed by atoms with E-state index in [1.54, 1.807) is 35.9 Å². The van der Waals surface area contributed by atoms with Crippen molar-refractivity contribution in [3.63, 3.8) is 0 Å². The number of hydrogen-bond acceptors (Lipinski definition) is 6. The first-order valence-corrected chi connectivity index (χ1v) is 7.66. The number of aromatic nitrogens is 5. The molecular weight excluding hydrogens is 320 g/mol. The van der Waals surface area contributed by atoms with Gasteiger partial charge in [0.25, 0.3) is 5.91 Å². The van der Waals surface area contributed by atoms with Crippen LogP contribution in [0.3, 0.4) is 0 Å². The molecule has 0 aliphatic heterocycles. The SMILES string of the molecule is Cc1nnc(-c2cccc(C(=O)NCc3ccc4nncn4c3)c2)o1. The Kier molecular flexibility index (Phi) is 3.70. The van der Waals surface area contributed by atoms with E-state index in [1.165, 1.54) is 0 Å². The summed E-state index contributed by atoms with van der Waals surface area (Å²) in [6.07, 6.45) is 3.50.